The molecule has 1 heterocycles. The van der Waals surface area contributed by atoms with E-state index in [1.54, 1.807) is 48.5 Å². The van der Waals surface area contributed by atoms with Crippen LogP contribution in [0, 0.1) is 6.92 Å². The van der Waals surface area contributed by atoms with Crippen LogP contribution < -0.4 is 23.8 Å². The van der Waals surface area contributed by atoms with Gasteiger partial charge in [0.25, 0.3) is 15.9 Å². The van der Waals surface area contributed by atoms with Crippen molar-refractivity contribution in [2.45, 2.75) is 17.9 Å². The van der Waals surface area contributed by atoms with E-state index in [9.17, 15) is 13.2 Å². The number of hydrogen-bond donors (Lipinski definition) is 1. The molecule has 172 valence electrons. The Morgan fingerprint density at radius 1 is 1.03 bits per heavy atom. The van der Waals surface area contributed by atoms with Crippen LogP contribution in [0.3, 0.4) is 0 Å². The lowest BCUT2D eigenvalue weighted by Crippen LogP contribution is -2.48. The summed E-state index contributed by atoms with van der Waals surface area (Å²) in [7, 11) is -0.947. The molecule has 1 aliphatic heterocycles. The predicted molar refractivity (Wildman–Crippen MR) is 125 cm³/mol. The molecular formula is C24H24N2O6S. The van der Waals surface area contributed by atoms with Crippen molar-refractivity contribution in [1.82, 2.24) is 0 Å². The highest BCUT2D eigenvalue weighted by Crippen LogP contribution is 2.37. The minimum Gasteiger partial charge on any atom is -0.497 e. The third kappa shape index (κ3) is 4.45. The van der Waals surface area contributed by atoms with E-state index in [1.807, 2.05) is 13.0 Å². The average molecular weight is 469 g/mol. The van der Waals surface area contributed by atoms with Crippen LogP contribution in [0.25, 0.3) is 0 Å². The normalized spacial score (nSPS) is 15.2. The first-order valence-corrected chi connectivity index (χ1v) is 11.7. The molecule has 1 aliphatic rings. The number of aryl methyl sites for hydroxylation is 1. The number of nitrogens with zero attached hydrogens (tertiary/aromatic N) is 1. The van der Waals surface area contributed by atoms with Crippen molar-refractivity contribution in [3.05, 3.63) is 72.3 Å². The largest absolute Gasteiger partial charge is 0.497 e. The second-order valence-electron chi connectivity index (χ2n) is 7.48. The van der Waals surface area contributed by atoms with Crippen LogP contribution in [0.15, 0.2) is 71.6 Å². The number of hydrogen-bond acceptors (Lipinski definition) is 6. The van der Waals surface area contributed by atoms with Crippen molar-refractivity contribution < 1.29 is 27.4 Å². The van der Waals surface area contributed by atoms with Crippen LogP contribution in [-0.2, 0) is 14.8 Å². The van der Waals surface area contributed by atoms with Gasteiger partial charge in [-0.1, -0.05) is 18.2 Å². The van der Waals surface area contributed by atoms with Crippen LogP contribution in [0.4, 0.5) is 11.4 Å². The fourth-order valence-electron chi connectivity index (χ4n) is 3.57. The average Bonchev–Trinajstić information content (AvgIpc) is 2.83. The van der Waals surface area contributed by atoms with Gasteiger partial charge < -0.3 is 19.5 Å². The van der Waals surface area contributed by atoms with Gasteiger partial charge in [-0.2, -0.15) is 0 Å². The number of methoxy groups -OCH3 is 2. The summed E-state index contributed by atoms with van der Waals surface area (Å²) in [5, 5.41) is 2.80. The van der Waals surface area contributed by atoms with Gasteiger partial charge in [0.1, 0.15) is 17.2 Å². The van der Waals surface area contributed by atoms with E-state index in [0.29, 0.717) is 28.6 Å². The van der Waals surface area contributed by atoms with E-state index in [-0.39, 0.29) is 11.4 Å². The summed E-state index contributed by atoms with van der Waals surface area (Å²) in [5.74, 6) is 0.856. The summed E-state index contributed by atoms with van der Waals surface area (Å²) in [4.78, 5) is 13.2. The Morgan fingerprint density at radius 2 is 1.76 bits per heavy atom. The molecule has 3 aromatic carbocycles. The van der Waals surface area contributed by atoms with Gasteiger partial charge in [0, 0.05) is 0 Å². The van der Waals surface area contributed by atoms with Crippen LogP contribution in [-0.4, -0.2) is 41.2 Å². The van der Waals surface area contributed by atoms with E-state index in [2.05, 4.69) is 5.32 Å². The number of ether oxygens (including phenoxy) is 3. The number of amides is 1. The van der Waals surface area contributed by atoms with Crippen LogP contribution >= 0.6 is 0 Å². The molecule has 0 saturated carbocycles. The molecule has 1 N–H and O–H groups in total. The SMILES string of the molecule is COc1ccc(S(=O)(=O)N2CC(C(=O)Nc3cc(C)ccc3OC)Oc3ccccc32)cc1. The van der Waals surface area contributed by atoms with Gasteiger partial charge in [-0.05, 0) is 61.0 Å². The first kappa shape index (κ1) is 22.5. The lowest BCUT2D eigenvalue weighted by atomic mass is 10.2. The molecule has 0 saturated heterocycles. The van der Waals surface area contributed by atoms with Crippen molar-refractivity contribution in [3.8, 4) is 17.2 Å². The number of carbonyl (C=O) groups is 1. The molecule has 4 rings (SSSR count). The molecule has 0 bridgehead atoms. The molecule has 0 aromatic heterocycles. The Balaban J connectivity index is 1.66. The zero-order valence-electron chi connectivity index (χ0n) is 18.4. The van der Waals surface area contributed by atoms with Crippen molar-refractivity contribution in [2.75, 3.05) is 30.4 Å². The zero-order valence-corrected chi connectivity index (χ0v) is 19.3. The maximum atomic E-state index is 13.5. The summed E-state index contributed by atoms with van der Waals surface area (Å²) in [6.45, 7) is 1.71. The summed E-state index contributed by atoms with van der Waals surface area (Å²) in [5.41, 5.74) is 1.78. The lowest BCUT2D eigenvalue weighted by Gasteiger charge is -2.34. The third-order valence-corrected chi connectivity index (χ3v) is 7.08. The fourth-order valence-corrected chi connectivity index (χ4v) is 5.05. The molecule has 1 unspecified atom stereocenters. The van der Waals surface area contributed by atoms with Crippen molar-refractivity contribution in [2.24, 2.45) is 0 Å². The van der Waals surface area contributed by atoms with E-state index < -0.39 is 22.0 Å². The van der Waals surface area contributed by atoms with Gasteiger partial charge >= 0.3 is 0 Å². The Labute approximate surface area is 192 Å². The highest BCUT2D eigenvalue weighted by molar-refractivity contribution is 7.92. The second-order valence-corrected chi connectivity index (χ2v) is 9.34. The standard InChI is InChI=1S/C24H24N2O6S/c1-16-8-13-21(31-3)19(14-16)25-24(27)23-15-26(20-6-4-5-7-22(20)32-23)33(28,29)18-11-9-17(30-2)10-12-18/h4-14,23H,15H2,1-3H3,(H,25,27). The van der Waals surface area contributed by atoms with Crippen LogP contribution in [0.1, 0.15) is 5.56 Å². The first-order chi connectivity index (χ1) is 15.8. The number of nitrogens with one attached hydrogen (secondary N) is 1. The molecule has 0 spiro atoms. The van der Waals surface area contributed by atoms with Crippen molar-refractivity contribution in [1.29, 1.82) is 0 Å². The smallest absolute Gasteiger partial charge is 0.267 e. The number of fused-ring (bicyclic) bond motifs is 1. The van der Waals surface area contributed by atoms with Gasteiger partial charge in [-0.25, -0.2) is 8.42 Å². The van der Waals surface area contributed by atoms with Crippen LogP contribution in [0.2, 0.25) is 0 Å². The van der Waals surface area contributed by atoms with E-state index in [0.717, 1.165) is 5.56 Å². The van der Waals surface area contributed by atoms with Gasteiger partial charge in [0.2, 0.25) is 0 Å². The molecule has 3 aromatic rings. The zero-order chi connectivity index (χ0) is 23.6. The molecule has 9 heteroatoms. The maximum Gasteiger partial charge on any atom is 0.267 e. The molecule has 0 aliphatic carbocycles. The Bertz CT molecular complexity index is 1270. The van der Waals surface area contributed by atoms with Crippen molar-refractivity contribution >= 4 is 27.3 Å². The quantitative estimate of drug-likeness (QED) is 0.594. The van der Waals surface area contributed by atoms with Gasteiger partial charge in [0.05, 0.1) is 37.0 Å². The van der Waals surface area contributed by atoms with Gasteiger partial charge in [0.15, 0.2) is 6.10 Å². The number of carbonyl (C=O) groups excluding carboxylic acids is 1. The molecule has 8 nitrogen and oxygen atoms in total. The molecule has 0 fully saturated rings. The van der Waals surface area contributed by atoms with Crippen molar-refractivity contribution in [3.63, 3.8) is 0 Å². The van der Waals surface area contributed by atoms with E-state index in [1.165, 1.54) is 30.7 Å². The van der Waals surface area contributed by atoms with Crippen LogP contribution in [0.5, 0.6) is 17.2 Å². The topological polar surface area (TPSA) is 94.2 Å². The second kappa shape index (κ2) is 9.03. The third-order valence-electron chi connectivity index (χ3n) is 5.29. The lowest BCUT2D eigenvalue weighted by molar-refractivity contribution is -0.122. The highest BCUT2D eigenvalue weighted by atomic mass is 32.2. The molecular weight excluding hydrogens is 444 g/mol. The number of benzene rings is 3. The maximum absolute atomic E-state index is 13.5. The molecule has 1 amide bonds. The Kier molecular flexibility index (Phi) is 6.15. The number of para-hydroxylation sites is 2. The molecule has 33 heavy (non-hydrogen) atoms. The van der Waals surface area contributed by atoms with Gasteiger partial charge in [-0.15, -0.1) is 0 Å². The molecule has 1 atom stereocenters. The van der Waals surface area contributed by atoms with Gasteiger partial charge in [-0.3, -0.25) is 9.10 Å². The number of sulfonamides is 1. The minimum absolute atomic E-state index is 0.0829. The number of anilines is 2. The predicted octanol–water partition coefficient (Wildman–Crippen LogP) is 3.61. The van der Waals surface area contributed by atoms with E-state index >= 15 is 0 Å². The summed E-state index contributed by atoms with van der Waals surface area (Å²) in [6, 6.07) is 18.2. The highest BCUT2D eigenvalue weighted by Gasteiger charge is 2.37. The summed E-state index contributed by atoms with van der Waals surface area (Å²) in [6.07, 6.45) is -1.07. The minimum atomic E-state index is -3.97. The Hall–Kier alpha value is -3.72. The number of rotatable bonds is 6. The monoisotopic (exact) mass is 468 g/mol. The molecule has 0 radical (unpaired) electrons. The summed E-state index contributed by atoms with van der Waals surface area (Å²) >= 11 is 0. The Morgan fingerprint density at radius 3 is 2.45 bits per heavy atom. The summed E-state index contributed by atoms with van der Waals surface area (Å²) < 4.78 is 44.5. The fraction of sp³-hybridized carbons (Fsp3) is 0.208. The first-order valence-electron chi connectivity index (χ1n) is 10.2. The van der Waals surface area contributed by atoms with E-state index in [4.69, 9.17) is 14.2 Å².